The van der Waals surface area contributed by atoms with Crippen molar-refractivity contribution in [3.8, 4) is 11.4 Å². The molecule has 0 bridgehead atoms. The maximum Gasteiger partial charge on any atom is 0.339 e. The molecule has 1 aliphatic rings. The van der Waals surface area contributed by atoms with E-state index in [1.54, 1.807) is 24.3 Å². The number of carbonyl (C=O) groups excluding carboxylic acids is 2. The molecule has 0 atom stereocenters. The van der Waals surface area contributed by atoms with Crippen LogP contribution in [-0.4, -0.2) is 53.7 Å². The molecule has 1 fully saturated rings. The molecule has 1 saturated heterocycles. The Labute approximate surface area is 186 Å². The third-order valence-electron chi connectivity index (χ3n) is 5.66. The minimum absolute atomic E-state index is 0.167. The topological polar surface area (TPSA) is 97.6 Å². The summed E-state index contributed by atoms with van der Waals surface area (Å²) in [6, 6.07) is 14.8. The molecule has 1 aliphatic heterocycles. The number of nitrogens with one attached hydrogen (secondary N) is 1. The Balaban J connectivity index is 1.30. The summed E-state index contributed by atoms with van der Waals surface area (Å²) in [4.78, 5) is 31.1. The van der Waals surface area contributed by atoms with Crippen molar-refractivity contribution in [3.05, 3.63) is 65.5 Å². The zero-order valence-corrected chi connectivity index (χ0v) is 18.2. The molecule has 2 heterocycles. The molecule has 8 nitrogen and oxygen atoms in total. The van der Waals surface area contributed by atoms with Crippen LogP contribution in [0, 0.1) is 6.92 Å². The van der Waals surface area contributed by atoms with Gasteiger partial charge in [0.2, 0.25) is 17.6 Å². The van der Waals surface area contributed by atoms with Gasteiger partial charge in [-0.1, -0.05) is 47.1 Å². The van der Waals surface area contributed by atoms with Gasteiger partial charge < -0.3 is 14.6 Å². The Kier molecular flexibility index (Phi) is 6.61. The lowest BCUT2D eigenvalue weighted by Crippen LogP contribution is -2.39. The first-order chi connectivity index (χ1) is 15.5. The number of nitrogens with zero attached hydrogens (tertiary/aromatic N) is 3. The summed E-state index contributed by atoms with van der Waals surface area (Å²) in [6.45, 7) is 3.79. The molecule has 4 rings (SSSR count). The van der Waals surface area contributed by atoms with Gasteiger partial charge in [-0.05, 0) is 45.0 Å². The third-order valence-corrected chi connectivity index (χ3v) is 5.66. The highest BCUT2D eigenvalue weighted by atomic mass is 16.5. The molecule has 1 N–H and O–H groups in total. The first-order valence-electron chi connectivity index (χ1n) is 10.6. The Morgan fingerprint density at radius 1 is 1.12 bits per heavy atom. The van der Waals surface area contributed by atoms with Crippen molar-refractivity contribution in [2.75, 3.05) is 32.1 Å². The van der Waals surface area contributed by atoms with Crippen LogP contribution in [0.4, 0.5) is 5.69 Å². The van der Waals surface area contributed by atoms with E-state index in [0.29, 0.717) is 23.0 Å². The lowest BCUT2D eigenvalue weighted by molar-refractivity contribution is -0.117. The molecular formula is C24H26N4O4. The quantitative estimate of drug-likeness (QED) is 0.592. The maximum absolute atomic E-state index is 12.5. The van der Waals surface area contributed by atoms with E-state index in [1.165, 1.54) is 12.7 Å². The predicted molar refractivity (Wildman–Crippen MR) is 119 cm³/mol. The number of amides is 1. The van der Waals surface area contributed by atoms with Crippen LogP contribution in [0.15, 0.2) is 53.1 Å². The highest BCUT2D eigenvalue weighted by Crippen LogP contribution is 2.28. The van der Waals surface area contributed by atoms with Crippen LogP contribution < -0.4 is 5.32 Å². The highest BCUT2D eigenvalue weighted by Gasteiger charge is 2.26. The molecule has 2 aromatic carbocycles. The van der Waals surface area contributed by atoms with Crippen molar-refractivity contribution in [3.63, 3.8) is 0 Å². The number of rotatable bonds is 6. The second-order valence-corrected chi connectivity index (χ2v) is 7.96. The number of methoxy groups -OCH3 is 1. The number of aromatic nitrogens is 2. The van der Waals surface area contributed by atoms with Gasteiger partial charge in [-0.2, -0.15) is 4.98 Å². The van der Waals surface area contributed by atoms with Gasteiger partial charge >= 0.3 is 5.97 Å². The molecule has 1 aromatic heterocycles. The van der Waals surface area contributed by atoms with Crippen molar-refractivity contribution >= 4 is 17.6 Å². The second-order valence-electron chi connectivity index (χ2n) is 7.96. The molecule has 3 aromatic rings. The number of aryl methyl sites for hydroxylation is 1. The summed E-state index contributed by atoms with van der Waals surface area (Å²) in [7, 11) is 1.32. The zero-order chi connectivity index (χ0) is 22.5. The van der Waals surface area contributed by atoms with Crippen LogP contribution in [0.1, 0.15) is 40.6 Å². The number of hydrogen-bond acceptors (Lipinski definition) is 7. The number of benzene rings is 2. The Bertz CT molecular complexity index is 1090. The van der Waals surface area contributed by atoms with Crippen LogP contribution in [0.2, 0.25) is 0 Å². The average Bonchev–Trinajstić information content (AvgIpc) is 3.30. The minimum atomic E-state index is -0.480. The highest BCUT2D eigenvalue weighted by molar-refractivity contribution is 6.01. The Morgan fingerprint density at radius 3 is 2.56 bits per heavy atom. The van der Waals surface area contributed by atoms with Crippen LogP contribution in [0.5, 0.6) is 0 Å². The summed E-state index contributed by atoms with van der Waals surface area (Å²) in [5, 5.41) is 6.95. The molecule has 0 unspecified atom stereocenters. The van der Waals surface area contributed by atoms with Gasteiger partial charge in [-0.15, -0.1) is 0 Å². The number of carbonyl (C=O) groups is 2. The van der Waals surface area contributed by atoms with E-state index < -0.39 is 5.97 Å². The predicted octanol–water partition coefficient (Wildman–Crippen LogP) is 3.65. The maximum atomic E-state index is 12.5. The molecular weight excluding hydrogens is 408 g/mol. The van der Waals surface area contributed by atoms with Crippen molar-refractivity contribution < 1.29 is 18.8 Å². The third kappa shape index (κ3) is 5.03. The van der Waals surface area contributed by atoms with Gasteiger partial charge in [0.15, 0.2) is 0 Å². The molecule has 0 radical (unpaired) electrons. The minimum Gasteiger partial charge on any atom is -0.465 e. The van der Waals surface area contributed by atoms with E-state index in [9.17, 15) is 9.59 Å². The van der Waals surface area contributed by atoms with Gasteiger partial charge in [-0.3, -0.25) is 9.69 Å². The van der Waals surface area contributed by atoms with Gasteiger partial charge in [0, 0.05) is 11.5 Å². The fourth-order valence-corrected chi connectivity index (χ4v) is 3.83. The van der Waals surface area contributed by atoms with Gasteiger partial charge in [0.05, 0.1) is 24.9 Å². The van der Waals surface area contributed by atoms with E-state index in [0.717, 1.165) is 31.5 Å². The van der Waals surface area contributed by atoms with E-state index in [-0.39, 0.29) is 18.4 Å². The van der Waals surface area contributed by atoms with Crippen LogP contribution in [0.3, 0.4) is 0 Å². The number of hydrogen-bond donors (Lipinski definition) is 1. The fourth-order valence-electron chi connectivity index (χ4n) is 3.83. The SMILES string of the molecule is COC(=O)c1ccccc1NC(=O)CN1CCC(c2nc(-c3ccc(C)cc3)no2)CC1. The summed E-state index contributed by atoms with van der Waals surface area (Å²) in [6.07, 6.45) is 1.67. The standard InChI is InChI=1S/C24H26N4O4/c1-16-7-9-17(10-8-16)22-26-23(32-27-22)18-11-13-28(14-12-18)15-21(29)25-20-6-4-3-5-19(20)24(30)31-2/h3-10,18H,11-15H2,1-2H3,(H,25,29). The average molecular weight is 434 g/mol. The summed E-state index contributed by atoms with van der Waals surface area (Å²) >= 11 is 0. The first-order valence-corrected chi connectivity index (χ1v) is 10.6. The number of anilines is 1. The molecule has 0 aliphatic carbocycles. The lowest BCUT2D eigenvalue weighted by Gasteiger charge is -2.29. The molecule has 8 heteroatoms. The molecule has 166 valence electrons. The van der Waals surface area contributed by atoms with Crippen molar-refractivity contribution in [2.45, 2.75) is 25.7 Å². The number of piperidine rings is 1. The Morgan fingerprint density at radius 2 is 1.84 bits per heavy atom. The molecule has 1 amide bonds. The van der Waals surface area contributed by atoms with Crippen LogP contribution >= 0.6 is 0 Å². The fraction of sp³-hybridized carbons (Fsp3) is 0.333. The second kappa shape index (κ2) is 9.74. The van der Waals surface area contributed by atoms with E-state index in [1.807, 2.05) is 31.2 Å². The van der Waals surface area contributed by atoms with Gasteiger partial charge in [0.1, 0.15) is 0 Å². The van der Waals surface area contributed by atoms with E-state index >= 15 is 0 Å². The van der Waals surface area contributed by atoms with Crippen molar-refractivity contribution in [1.29, 1.82) is 0 Å². The molecule has 0 saturated carbocycles. The first kappa shape index (κ1) is 21.7. The smallest absolute Gasteiger partial charge is 0.339 e. The molecule has 32 heavy (non-hydrogen) atoms. The monoisotopic (exact) mass is 434 g/mol. The van der Waals surface area contributed by atoms with Crippen molar-refractivity contribution in [2.24, 2.45) is 0 Å². The summed E-state index contributed by atoms with van der Waals surface area (Å²) in [5.41, 5.74) is 2.91. The normalized spacial score (nSPS) is 14.8. The van der Waals surface area contributed by atoms with Crippen LogP contribution in [-0.2, 0) is 9.53 Å². The molecule has 0 spiro atoms. The van der Waals surface area contributed by atoms with Crippen molar-refractivity contribution in [1.82, 2.24) is 15.0 Å². The number of ether oxygens (including phenoxy) is 1. The van der Waals surface area contributed by atoms with E-state index in [4.69, 9.17) is 9.26 Å². The number of likely N-dealkylation sites (tertiary alicyclic amines) is 1. The number of esters is 1. The summed E-state index contributed by atoms with van der Waals surface area (Å²) in [5.74, 6) is 0.786. The largest absolute Gasteiger partial charge is 0.465 e. The van der Waals surface area contributed by atoms with Gasteiger partial charge in [-0.25, -0.2) is 4.79 Å². The summed E-state index contributed by atoms with van der Waals surface area (Å²) < 4.78 is 10.3. The number of para-hydroxylation sites is 1. The lowest BCUT2D eigenvalue weighted by atomic mass is 9.97. The Hall–Kier alpha value is -3.52. The van der Waals surface area contributed by atoms with Crippen LogP contribution in [0.25, 0.3) is 11.4 Å². The van der Waals surface area contributed by atoms with E-state index in [2.05, 4.69) is 20.4 Å². The van der Waals surface area contributed by atoms with Gasteiger partial charge in [0.25, 0.3) is 0 Å². The zero-order valence-electron chi connectivity index (χ0n) is 18.2.